The molecule has 3 heteroatoms. The van der Waals surface area contributed by atoms with Crippen LogP contribution in [0.2, 0.25) is 12.1 Å². The molecule has 80 valence electrons. The topological polar surface area (TPSA) is 3.24 Å². The number of halogens is 1. The first-order valence-electron chi connectivity index (χ1n) is 5.60. The summed E-state index contributed by atoms with van der Waals surface area (Å²) >= 11 is 6.17. The van der Waals surface area contributed by atoms with Crippen LogP contribution in [0, 0.1) is 0 Å². The van der Waals surface area contributed by atoms with E-state index in [1.54, 1.807) is 0 Å². The molecule has 0 aliphatic carbocycles. The highest BCUT2D eigenvalue weighted by Crippen LogP contribution is 2.09. The fraction of sp³-hybridized carbons (Fsp3) is 1.00. The minimum atomic E-state index is -0.808. The number of rotatable bonds is 8. The molecule has 0 amide bonds. The van der Waals surface area contributed by atoms with E-state index in [4.69, 9.17) is 11.1 Å². The highest BCUT2D eigenvalue weighted by Gasteiger charge is 2.04. The molecule has 0 saturated heterocycles. The Morgan fingerprint density at radius 2 is 1.69 bits per heavy atom. The smallest absolute Gasteiger partial charge is 0.140 e. The van der Waals surface area contributed by atoms with Crippen molar-refractivity contribution in [2.75, 3.05) is 19.6 Å². The van der Waals surface area contributed by atoms with Gasteiger partial charge < -0.3 is 4.90 Å². The predicted octanol–water partition coefficient (Wildman–Crippen LogP) is 3.09. The van der Waals surface area contributed by atoms with E-state index in [0.29, 0.717) is 0 Å². The van der Waals surface area contributed by atoms with Gasteiger partial charge >= 0.3 is 0 Å². The van der Waals surface area contributed by atoms with E-state index in [1.165, 1.54) is 44.6 Å². The van der Waals surface area contributed by atoms with Gasteiger partial charge in [0.25, 0.3) is 0 Å². The first kappa shape index (κ1) is 13.5. The molecule has 1 unspecified atom stereocenters. The highest BCUT2D eigenvalue weighted by atomic mass is 35.6. The van der Waals surface area contributed by atoms with Crippen LogP contribution in [0.4, 0.5) is 0 Å². The molecule has 13 heavy (non-hydrogen) atoms. The molecule has 0 aliphatic heterocycles. The van der Waals surface area contributed by atoms with Crippen molar-refractivity contribution in [1.82, 2.24) is 4.90 Å². The Bertz CT molecular complexity index is 107. The van der Waals surface area contributed by atoms with Crippen LogP contribution < -0.4 is 0 Å². The summed E-state index contributed by atoms with van der Waals surface area (Å²) in [7, 11) is -0.808. The standard InChI is InChI=1S/C10H24ClNSi/c1-4-12(5-2)9-7-8-10-13(11)6-3/h13H,4-10H2,1-3H3. The van der Waals surface area contributed by atoms with Crippen LogP contribution in [0.15, 0.2) is 0 Å². The zero-order chi connectivity index (χ0) is 10.1. The van der Waals surface area contributed by atoms with Gasteiger partial charge in [-0.05, 0) is 38.1 Å². The number of hydrogen-bond acceptors (Lipinski definition) is 1. The van der Waals surface area contributed by atoms with E-state index in [0.717, 1.165) is 0 Å². The van der Waals surface area contributed by atoms with Crippen LogP contribution in [0.3, 0.4) is 0 Å². The van der Waals surface area contributed by atoms with E-state index in [-0.39, 0.29) is 0 Å². The molecule has 0 spiro atoms. The average Bonchev–Trinajstić information content (AvgIpc) is 2.18. The number of nitrogens with zero attached hydrogens (tertiary/aromatic N) is 1. The SMILES string of the molecule is CCN(CC)CCCC[SiH](Cl)CC. The molecule has 0 rings (SSSR count). The van der Waals surface area contributed by atoms with E-state index in [2.05, 4.69) is 25.7 Å². The van der Waals surface area contributed by atoms with Gasteiger partial charge in [0, 0.05) is 0 Å². The molecule has 0 aromatic rings. The third-order valence-electron chi connectivity index (χ3n) is 2.58. The molecule has 0 heterocycles. The second-order valence-electron chi connectivity index (χ2n) is 3.53. The number of unbranched alkanes of at least 4 members (excludes halogenated alkanes) is 1. The van der Waals surface area contributed by atoms with Gasteiger partial charge in [-0.2, -0.15) is 11.1 Å². The third-order valence-corrected chi connectivity index (χ3v) is 6.08. The Labute approximate surface area is 89.8 Å². The summed E-state index contributed by atoms with van der Waals surface area (Å²) < 4.78 is 0. The maximum absolute atomic E-state index is 6.17. The largest absolute Gasteiger partial charge is 0.304 e. The first-order valence-corrected chi connectivity index (χ1v) is 8.98. The van der Waals surface area contributed by atoms with E-state index in [9.17, 15) is 0 Å². The molecule has 0 aliphatic rings. The predicted molar refractivity (Wildman–Crippen MR) is 65.3 cm³/mol. The quantitative estimate of drug-likeness (QED) is 0.346. The Balaban J connectivity index is 3.23. The number of hydrogen-bond donors (Lipinski definition) is 0. The van der Waals surface area contributed by atoms with E-state index in [1.807, 2.05) is 0 Å². The van der Waals surface area contributed by atoms with Gasteiger partial charge in [-0.25, -0.2) is 0 Å². The average molecular weight is 222 g/mol. The summed E-state index contributed by atoms with van der Waals surface area (Å²) in [6.45, 7) is 10.3. The van der Waals surface area contributed by atoms with Crippen molar-refractivity contribution in [3.63, 3.8) is 0 Å². The molecule has 0 bridgehead atoms. The molecular weight excluding hydrogens is 198 g/mol. The minimum absolute atomic E-state index is 0.808. The van der Waals surface area contributed by atoms with Crippen LogP contribution in [0.1, 0.15) is 33.6 Å². The summed E-state index contributed by atoms with van der Waals surface area (Å²) in [6, 6.07) is 2.56. The second kappa shape index (κ2) is 9.04. The highest BCUT2D eigenvalue weighted by molar-refractivity contribution is 7.06. The van der Waals surface area contributed by atoms with E-state index >= 15 is 0 Å². The zero-order valence-electron chi connectivity index (χ0n) is 9.35. The Morgan fingerprint density at radius 3 is 2.15 bits per heavy atom. The van der Waals surface area contributed by atoms with Crippen molar-refractivity contribution in [2.24, 2.45) is 0 Å². The minimum Gasteiger partial charge on any atom is -0.304 e. The van der Waals surface area contributed by atoms with Crippen LogP contribution in [-0.2, 0) is 0 Å². The summed E-state index contributed by atoms with van der Waals surface area (Å²) in [5.41, 5.74) is 0. The fourth-order valence-electron chi connectivity index (χ4n) is 1.45. The maximum Gasteiger partial charge on any atom is 0.140 e. The lowest BCUT2D eigenvalue weighted by Crippen LogP contribution is -2.24. The van der Waals surface area contributed by atoms with Gasteiger partial charge in [0.05, 0.1) is 0 Å². The van der Waals surface area contributed by atoms with Crippen molar-refractivity contribution >= 4 is 19.2 Å². The normalized spacial score (nSPS) is 13.6. The molecule has 0 aromatic carbocycles. The Hall–Kier alpha value is 0.467. The van der Waals surface area contributed by atoms with Crippen LogP contribution in [0.5, 0.6) is 0 Å². The van der Waals surface area contributed by atoms with Gasteiger partial charge in [0.2, 0.25) is 0 Å². The van der Waals surface area contributed by atoms with Crippen molar-refractivity contribution in [2.45, 2.75) is 45.7 Å². The second-order valence-corrected chi connectivity index (χ2v) is 7.97. The van der Waals surface area contributed by atoms with Gasteiger partial charge in [0.15, 0.2) is 0 Å². The molecule has 0 N–H and O–H groups in total. The Morgan fingerprint density at radius 1 is 1.08 bits per heavy atom. The summed E-state index contributed by atoms with van der Waals surface area (Å²) in [5, 5.41) is 0. The summed E-state index contributed by atoms with van der Waals surface area (Å²) in [5.74, 6) is 0. The lowest BCUT2D eigenvalue weighted by molar-refractivity contribution is 0.299. The fourth-order valence-corrected chi connectivity index (χ4v) is 3.05. The van der Waals surface area contributed by atoms with Crippen molar-refractivity contribution in [3.8, 4) is 0 Å². The molecule has 0 aromatic heterocycles. The molecule has 0 fully saturated rings. The summed E-state index contributed by atoms with van der Waals surface area (Å²) in [6.07, 6.45) is 2.67. The molecule has 0 saturated carbocycles. The molecule has 1 atom stereocenters. The molecule has 1 nitrogen and oxygen atoms in total. The van der Waals surface area contributed by atoms with Crippen LogP contribution >= 0.6 is 11.1 Å². The lowest BCUT2D eigenvalue weighted by atomic mass is 10.3. The Kier molecular flexibility index (Phi) is 9.36. The van der Waals surface area contributed by atoms with E-state index < -0.39 is 8.11 Å². The first-order chi connectivity index (χ1) is 6.24. The van der Waals surface area contributed by atoms with Crippen LogP contribution in [-0.4, -0.2) is 32.6 Å². The van der Waals surface area contributed by atoms with Crippen molar-refractivity contribution < 1.29 is 0 Å². The van der Waals surface area contributed by atoms with Crippen LogP contribution in [0.25, 0.3) is 0 Å². The summed E-state index contributed by atoms with van der Waals surface area (Å²) in [4.78, 5) is 2.48. The lowest BCUT2D eigenvalue weighted by Gasteiger charge is -2.17. The monoisotopic (exact) mass is 221 g/mol. The van der Waals surface area contributed by atoms with Gasteiger partial charge in [-0.3, -0.25) is 0 Å². The maximum atomic E-state index is 6.17. The molecular formula is C10H24ClNSi. The van der Waals surface area contributed by atoms with Gasteiger partial charge in [0.1, 0.15) is 8.11 Å². The van der Waals surface area contributed by atoms with Gasteiger partial charge in [-0.1, -0.05) is 27.2 Å². The van der Waals surface area contributed by atoms with Gasteiger partial charge in [-0.15, -0.1) is 0 Å². The molecule has 0 radical (unpaired) electrons. The van der Waals surface area contributed by atoms with Crippen molar-refractivity contribution in [3.05, 3.63) is 0 Å². The third kappa shape index (κ3) is 7.53. The van der Waals surface area contributed by atoms with Crippen molar-refractivity contribution in [1.29, 1.82) is 0 Å². The zero-order valence-corrected chi connectivity index (χ0v) is 11.3.